The number of amidine groups is 1. The molecule has 0 saturated carbocycles. The van der Waals surface area contributed by atoms with Crippen molar-refractivity contribution < 1.29 is 4.84 Å². The van der Waals surface area contributed by atoms with Gasteiger partial charge in [-0.3, -0.25) is 0 Å². The summed E-state index contributed by atoms with van der Waals surface area (Å²) in [7, 11) is 0. The van der Waals surface area contributed by atoms with Crippen LogP contribution in [0.3, 0.4) is 0 Å². The van der Waals surface area contributed by atoms with Crippen molar-refractivity contribution in [3.63, 3.8) is 0 Å². The van der Waals surface area contributed by atoms with E-state index in [0.717, 1.165) is 0 Å². The minimum absolute atomic E-state index is 0.208. The minimum atomic E-state index is -0.208. The van der Waals surface area contributed by atoms with Gasteiger partial charge in [-0.05, 0) is 0 Å². The van der Waals surface area contributed by atoms with Crippen LogP contribution < -0.4 is 5.59 Å². The van der Waals surface area contributed by atoms with Crippen LogP contribution in [0.1, 0.15) is 0 Å². The molecule has 1 unspecified atom stereocenters. The molecule has 0 aromatic rings. The number of hydrazone groups is 1. The molecule has 0 aliphatic carbocycles. The Bertz CT molecular complexity index is 150. The Morgan fingerprint density at radius 3 is 3.00 bits per heavy atom. The van der Waals surface area contributed by atoms with Crippen molar-refractivity contribution in [1.82, 2.24) is 5.59 Å². The lowest BCUT2D eigenvalue weighted by atomic mass is 10.5. The number of rotatable bonds is 0. The van der Waals surface area contributed by atoms with Gasteiger partial charge in [-0.25, -0.2) is 4.84 Å². The number of azo groups is 1. The number of nitrogens with zero attached hydrogens (tertiary/aromatic N) is 3. The molecule has 2 aliphatic heterocycles. The second-order valence-corrected chi connectivity index (χ2v) is 1.25. The highest BCUT2D eigenvalue weighted by molar-refractivity contribution is 5.90. The molecule has 7 heavy (non-hydrogen) atoms. The SMILES string of the molecule is N1=NC2ONN=C12. The summed E-state index contributed by atoms with van der Waals surface area (Å²) < 4.78 is 0. The van der Waals surface area contributed by atoms with Crippen LogP contribution in [-0.2, 0) is 4.84 Å². The molecule has 5 nitrogen and oxygen atoms in total. The molecule has 36 valence electrons. The smallest absolute Gasteiger partial charge is 0.222 e. The van der Waals surface area contributed by atoms with Gasteiger partial charge in [-0.2, -0.15) is 5.59 Å². The molecule has 0 saturated heterocycles. The number of nitrogens with one attached hydrogen (secondary N) is 1. The molecule has 2 heterocycles. The predicted molar refractivity (Wildman–Crippen MR) is 20.3 cm³/mol. The van der Waals surface area contributed by atoms with Crippen LogP contribution in [0, 0.1) is 0 Å². The molecule has 2 aliphatic rings. The number of hydrogen-bond donors (Lipinski definition) is 1. The first-order valence-electron chi connectivity index (χ1n) is 1.86. The molecule has 0 bridgehead atoms. The van der Waals surface area contributed by atoms with Gasteiger partial charge in [0, 0.05) is 0 Å². The second-order valence-electron chi connectivity index (χ2n) is 1.25. The van der Waals surface area contributed by atoms with Gasteiger partial charge < -0.3 is 0 Å². The zero-order valence-electron chi connectivity index (χ0n) is 3.33. The predicted octanol–water partition coefficient (Wildman–Crippen LogP) is -0.373. The highest BCUT2D eigenvalue weighted by Crippen LogP contribution is 2.12. The molecule has 2 rings (SSSR count). The average molecular weight is 98.1 g/mol. The summed E-state index contributed by atoms with van der Waals surface area (Å²) in [6.07, 6.45) is -0.208. The molecule has 0 radical (unpaired) electrons. The Balaban J connectivity index is 2.38. The summed E-state index contributed by atoms with van der Waals surface area (Å²) in [6, 6.07) is 0. The Morgan fingerprint density at radius 1 is 1.71 bits per heavy atom. The van der Waals surface area contributed by atoms with Crippen LogP contribution in [0.2, 0.25) is 0 Å². The molecule has 5 heteroatoms. The third-order valence-corrected chi connectivity index (χ3v) is 0.810. The van der Waals surface area contributed by atoms with Crippen molar-refractivity contribution in [2.24, 2.45) is 15.3 Å². The third-order valence-electron chi connectivity index (χ3n) is 0.810. The van der Waals surface area contributed by atoms with Gasteiger partial charge in [-0.1, -0.05) is 0 Å². The monoisotopic (exact) mass is 98.0 g/mol. The zero-order chi connectivity index (χ0) is 4.69. The van der Waals surface area contributed by atoms with Crippen molar-refractivity contribution in [2.75, 3.05) is 0 Å². The van der Waals surface area contributed by atoms with Gasteiger partial charge in [0.15, 0.2) is 0 Å². The molecule has 0 aromatic carbocycles. The number of hydrogen-bond acceptors (Lipinski definition) is 5. The Morgan fingerprint density at radius 2 is 2.71 bits per heavy atom. The highest BCUT2D eigenvalue weighted by atomic mass is 16.7. The summed E-state index contributed by atoms with van der Waals surface area (Å²) >= 11 is 0. The van der Waals surface area contributed by atoms with Crippen LogP contribution in [0.25, 0.3) is 0 Å². The van der Waals surface area contributed by atoms with Gasteiger partial charge in [0.25, 0.3) is 6.23 Å². The van der Waals surface area contributed by atoms with E-state index in [-0.39, 0.29) is 6.23 Å². The average Bonchev–Trinajstić information content (AvgIpc) is 1.85. The van der Waals surface area contributed by atoms with Gasteiger partial charge >= 0.3 is 0 Å². The van der Waals surface area contributed by atoms with Crippen LogP contribution in [0.5, 0.6) is 0 Å². The lowest BCUT2D eigenvalue weighted by molar-refractivity contribution is 0.0305. The lowest BCUT2D eigenvalue weighted by Gasteiger charge is -2.04. The summed E-state index contributed by atoms with van der Waals surface area (Å²) in [5, 5.41) is 10.6. The van der Waals surface area contributed by atoms with E-state index in [0.29, 0.717) is 5.84 Å². The zero-order valence-corrected chi connectivity index (χ0v) is 3.33. The molecule has 0 fully saturated rings. The maximum Gasteiger partial charge on any atom is 0.259 e. The Labute approximate surface area is 39.0 Å². The maximum absolute atomic E-state index is 4.64. The van der Waals surface area contributed by atoms with Crippen LogP contribution >= 0.6 is 0 Å². The lowest BCUT2D eigenvalue weighted by Crippen LogP contribution is -2.21. The van der Waals surface area contributed by atoms with E-state index < -0.39 is 0 Å². The first kappa shape index (κ1) is 3.09. The van der Waals surface area contributed by atoms with E-state index in [1.54, 1.807) is 0 Å². The van der Waals surface area contributed by atoms with E-state index in [1.165, 1.54) is 0 Å². The van der Waals surface area contributed by atoms with Crippen molar-refractivity contribution >= 4 is 5.84 Å². The Kier molecular flexibility index (Phi) is 0.358. The van der Waals surface area contributed by atoms with Crippen LogP contribution in [0.4, 0.5) is 0 Å². The first-order chi connectivity index (χ1) is 3.47. The van der Waals surface area contributed by atoms with Gasteiger partial charge in [-0.15, -0.1) is 15.3 Å². The molecule has 0 aromatic heterocycles. The van der Waals surface area contributed by atoms with E-state index in [2.05, 4.69) is 25.8 Å². The summed E-state index contributed by atoms with van der Waals surface area (Å²) in [5.41, 5.74) is 2.28. The normalized spacial score (nSPS) is 33.1. The highest BCUT2D eigenvalue weighted by Gasteiger charge is 2.29. The van der Waals surface area contributed by atoms with Crippen molar-refractivity contribution in [1.29, 1.82) is 0 Å². The van der Waals surface area contributed by atoms with Crippen molar-refractivity contribution in [2.45, 2.75) is 6.23 Å². The molecule has 0 spiro atoms. The van der Waals surface area contributed by atoms with E-state index in [9.17, 15) is 0 Å². The largest absolute Gasteiger partial charge is 0.259 e. The fourth-order valence-corrected chi connectivity index (χ4v) is 0.433. The standard InChI is InChI=1S/C2H2N4O/c3-1-2(5-3)7-6-4-1/h2,6H. The summed E-state index contributed by atoms with van der Waals surface area (Å²) in [5.74, 6) is 0.639. The van der Waals surface area contributed by atoms with Crippen molar-refractivity contribution in [3.8, 4) is 0 Å². The summed E-state index contributed by atoms with van der Waals surface area (Å²) in [4.78, 5) is 4.64. The topological polar surface area (TPSA) is 58.3 Å². The van der Waals surface area contributed by atoms with Gasteiger partial charge in [0.05, 0.1) is 0 Å². The van der Waals surface area contributed by atoms with Crippen LogP contribution in [-0.4, -0.2) is 12.1 Å². The maximum atomic E-state index is 4.64. The van der Waals surface area contributed by atoms with Gasteiger partial charge in [0.2, 0.25) is 5.84 Å². The molecule has 1 N–H and O–H groups in total. The molecule has 0 amide bonds. The van der Waals surface area contributed by atoms with Crippen molar-refractivity contribution in [3.05, 3.63) is 0 Å². The fourth-order valence-electron chi connectivity index (χ4n) is 0.433. The fraction of sp³-hybridized carbons (Fsp3) is 0.500. The van der Waals surface area contributed by atoms with E-state index >= 15 is 0 Å². The summed E-state index contributed by atoms with van der Waals surface area (Å²) in [6.45, 7) is 0. The van der Waals surface area contributed by atoms with E-state index in [4.69, 9.17) is 0 Å². The number of fused-ring (bicyclic) bond motifs is 1. The molecular formula is C2H2N4O. The second kappa shape index (κ2) is 0.812. The third kappa shape index (κ3) is 0.235. The quantitative estimate of drug-likeness (QED) is 0.449. The molecule has 1 atom stereocenters. The van der Waals surface area contributed by atoms with Gasteiger partial charge in [0.1, 0.15) is 0 Å². The van der Waals surface area contributed by atoms with Crippen LogP contribution in [0.15, 0.2) is 15.3 Å². The first-order valence-corrected chi connectivity index (χ1v) is 1.86. The molecular weight excluding hydrogens is 96.0 g/mol. The van der Waals surface area contributed by atoms with E-state index in [1.807, 2.05) is 0 Å². The Hall–Kier alpha value is -0.970. The minimum Gasteiger partial charge on any atom is -0.222 e.